The maximum Gasteiger partial charge on any atom is 0.277 e. The first kappa shape index (κ1) is 19.1. The lowest BCUT2D eigenvalue weighted by Gasteiger charge is -2.26. The van der Waals surface area contributed by atoms with Crippen molar-refractivity contribution in [2.24, 2.45) is 0 Å². The molecule has 1 aromatic heterocycles. The Labute approximate surface area is 187 Å². The van der Waals surface area contributed by atoms with Crippen molar-refractivity contribution in [1.82, 2.24) is 10.2 Å². The van der Waals surface area contributed by atoms with E-state index < -0.39 is 0 Å². The molecule has 0 fully saturated rings. The number of aromatic nitrogens is 2. The van der Waals surface area contributed by atoms with Crippen LogP contribution < -0.4 is 4.90 Å². The van der Waals surface area contributed by atoms with Crippen LogP contribution >= 0.6 is 27.5 Å². The van der Waals surface area contributed by atoms with Crippen LogP contribution in [0.2, 0.25) is 5.02 Å². The van der Waals surface area contributed by atoms with Gasteiger partial charge in [0.1, 0.15) is 5.69 Å². The number of rotatable bonds is 3. The third kappa shape index (κ3) is 3.15. The highest BCUT2D eigenvalue weighted by molar-refractivity contribution is 9.10. The molecule has 1 aliphatic rings. The van der Waals surface area contributed by atoms with E-state index in [1.54, 1.807) is 17.0 Å². The number of H-pyrrole nitrogens is 1. The van der Waals surface area contributed by atoms with Crippen LogP contribution in [0.5, 0.6) is 0 Å². The zero-order valence-corrected chi connectivity index (χ0v) is 18.4. The molecule has 1 N–H and O–H groups in total. The largest absolute Gasteiger partial charge is 0.295 e. The normalized spacial score (nSPS) is 15.5. The first-order chi connectivity index (χ1) is 14.5. The minimum Gasteiger partial charge on any atom is -0.295 e. The lowest BCUT2D eigenvalue weighted by atomic mass is 9.95. The van der Waals surface area contributed by atoms with Crippen LogP contribution in [-0.2, 0) is 0 Å². The summed E-state index contributed by atoms with van der Waals surface area (Å²) in [5, 5.41) is 8.15. The van der Waals surface area contributed by atoms with Crippen molar-refractivity contribution < 1.29 is 4.79 Å². The van der Waals surface area contributed by atoms with Gasteiger partial charge in [0.25, 0.3) is 5.91 Å². The third-order valence-electron chi connectivity index (χ3n) is 5.38. The highest BCUT2D eigenvalue weighted by atomic mass is 79.9. The number of hydrogen-bond donors (Lipinski definition) is 1. The molecular weight excluding hydrogens is 462 g/mol. The molecule has 0 aliphatic carbocycles. The smallest absolute Gasteiger partial charge is 0.277 e. The summed E-state index contributed by atoms with van der Waals surface area (Å²) in [6.07, 6.45) is 0. The monoisotopic (exact) mass is 477 g/mol. The number of hydrogen-bond acceptors (Lipinski definition) is 2. The van der Waals surface area contributed by atoms with Gasteiger partial charge in [-0.3, -0.25) is 14.8 Å². The molecule has 4 nitrogen and oxygen atoms in total. The van der Waals surface area contributed by atoms with Crippen molar-refractivity contribution in [1.29, 1.82) is 0 Å². The number of aryl methyl sites for hydroxylation is 1. The van der Waals surface area contributed by atoms with E-state index in [1.807, 2.05) is 48.5 Å². The lowest BCUT2D eigenvalue weighted by molar-refractivity contribution is 0.0989. The van der Waals surface area contributed by atoms with Crippen molar-refractivity contribution >= 4 is 39.1 Å². The maximum absolute atomic E-state index is 13.4. The average molecular weight is 479 g/mol. The van der Waals surface area contributed by atoms with E-state index in [1.165, 1.54) is 5.56 Å². The number of halogens is 2. The van der Waals surface area contributed by atoms with E-state index in [4.69, 9.17) is 11.6 Å². The molecule has 0 saturated carbocycles. The molecule has 1 atom stereocenters. The number of benzene rings is 3. The van der Waals surface area contributed by atoms with Gasteiger partial charge in [-0.1, -0.05) is 69.5 Å². The SMILES string of the molecule is Cc1ccc(-c2n[nH]c3c2[C@@H](c2ccc(Br)cc2)N(c2ccc(Cl)cc2)C3=O)cc1. The Bertz CT molecular complexity index is 1230. The maximum atomic E-state index is 13.4. The van der Waals surface area contributed by atoms with Crippen LogP contribution in [0, 0.1) is 6.92 Å². The summed E-state index contributed by atoms with van der Waals surface area (Å²) in [7, 11) is 0. The van der Waals surface area contributed by atoms with Gasteiger partial charge in [-0.15, -0.1) is 0 Å². The predicted octanol–water partition coefficient (Wildman–Crippen LogP) is 6.55. The predicted molar refractivity (Wildman–Crippen MR) is 123 cm³/mol. The molecule has 0 radical (unpaired) electrons. The van der Waals surface area contributed by atoms with E-state index in [9.17, 15) is 4.79 Å². The van der Waals surface area contributed by atoms with Gasteiger partial charge in [0, 0.05) is 26.3 Å². The van der Waals surface area contributed by atoms with E-state index >= 15 is 0 Å². The minimum absolute atomic E-state index is 0.105. The number of amides is 1. The quantitative estimate of drug-likeness (QED) is 0.363. The molecule has 2 heterocycles. The summed E-state index contributed by atoms with van der Waals surface area (Å²) in [5.74, 6) is -0.105. The standard InChI is InChI=1S/C24H17BrClN3O/c1-14-2-4-15(5-3-14)21-20-22(28-27-21)24(30)29(19-12-10-18(26)11-13-19)23(20)16-6-8-17(25)9-7-16/h2-13,23H,1H3,(H,27,28)/t23-/m1/s1. The van der Waals surface area contributed by atoms with Crippen LogP contribution in [-0.4, -0.2) is 16.1 Å². The Morgan fingerprint density at radius 2 is 1.63 bits per heavy atom. The van der Waals surface area contributed by atoms with Gasteiger partial charge in [-0.05, 0) is 48.9 Å². The van der Waals surface area contributed by atoms with Crippen LogP contribution in [0.4, 0.5) is 5.69 Å². The lowest BCUT2D eigenvalue weighted by Crippen LogP contribution is -2.29. The zero-order chi connectivity index (χ0) is 20.8. The molecule has 30 heavy (non-hydrogen) atoms. The number of aromatic amines is 1. The van der Waals surface area contributed by atoms with Crippen LogP contribution in [0.3, 0.4) is 0 Å². The van der Waals surface area contributed by atoms with Gasteiger partial charge in [0.15, 0.2) is 0 Å². The highest BCUT2D eigenvalue weighted by Gasteiger charge is 2.43. The molecule has 0 unspecified atom stereocenters. The average Bonchev–Trinajstić information content (AvgIpc) is 3.29. The van der Waals surface area contributed by atoms with Gasteiger partial charge >= 0.3 is 0 Å². The van der Waals surface area contributed by atoms with Crippen molar-refractivity contribution in [3.05, 3.63) is 105 Å². The van der Waals surface area contributed by atoms with E-state index in [-0.39, 0.29) is 11.9 Å². The van der Waals surface area contributed by atoms with Crippen LogP contribution in [0.1, 0.15) is 33.2 Å². The summed E-state index contributed by atoms with van der Waals surface area (Å²) >= 11 is 9.59. The molecule has 0 saturated heterocycles. The summed E-state index contributed by atoms with van der Waals surface area (Å²) in [6.45, 7) is 2.05. The summed E-state index contributed by atoms with van der Waals surface area (Å²) < 4.78 is 0.986. The fourth-order valence-electron chi connectivity index (χ4n) is 3.91. The third-order valence-corrected chi connectivity index (χ3v) is 6.16. The fraction of sp³-hybridized carbons (Fsp3) is 0.0833. The van der Waals surface area contributed by atoms with Gasteiger partial charge in [-0.2, -0.15) is 5.10 Å². The first-order valence-electron chi connectivity index (χ1n) is 9.53. The van der Waals surface area contributed by atoms with Crippen molar-refractivity contribution in [2.75, 3.05) is 4.90 Å². The summed E-state index contributed by atoms with van der Waals surface area (Å²) in [6, 6.07) is 23.3. The number of fused-ring (bicyclic) bond motifs is 1. The minimum atomic E-state index is -0.295. The number of anilines is 1. The second kappa shape index (κ2) is 7.42. The summed E-state index contributed by atoms with van der Waals surface area (Å²) in [4.78, 5) is 15.2. The number of carbonyl (C=O) groups excluding carboxylic acids is 1. The zero-order valence-electron chi connectivity index (χ0n) is 16.1. The van der Waals surface area contributed by atoms with Crippen molar-refractivity contribution in [3.8, 4) is 11.3 Å². The van der Waals surface area contributed by atoms with Gasteiger partial charge in [0.2, 0.25) is 0 Å². The Morgan fingerprint density at radius 1 is 0.967 bits per heavy atom. The Balaban J connectivity index is 1.71. The Hall–Kier alpha value is -2.89. The molecule has 6 heteroatoms. The molecule has 0 bridgehead atoms. The second-order valence-electron chi connectivity index (χ2n) is 7.33. The Kier molecular flexibility index (Phi) is 4.72. The van der Waals surface area contributed by atoms with Crippen molar-refractivity contribution in [3.63, 3.8) is 0 Å². The first-order valence-corrected chi connectivity index (χ1v) is 10.7. The Morgan fingerprint density at radius 3 is 2.30 bits per heavy atom. The van der Waals surface area contributed by atoms with E-state index in [0.717, 1.165) is 32.5 Å². The fourth-order valence-corrected chi connectivity index (χ4v) is 4.30. The molecule has 4 aromatic rings. The summed E-state index contributed by atoms with van der Waals surface area (Å²) in [5.41, 5.74) is 6.16. The highest BCUT2D eigenvalue weighted by Crippen LogP contribution is 2.45. The van der Waals surface area contributed by atoms with Gasteiger partial charge in [0.05, 0.1) is 11.7 Å². The molecule has 148 valence electrons. The number of nitrogens with zero attached hydrogens (tertiary/aromatic N) is 2. The van der Waals surface area contributed by atoms with E-state index in [0.29, 0.717) is 10.7 Å². The molecule has 1 aliphatic heterocycles. The van der Waals surface area contributed by atoms with Gasteiger partial charge < -0.3 is 0 Å². The molecule has 3 aromatic carbocycles. The van der Waals surface area contributed by atoms with Gasteiger partial charge in [-0.25, -0.2) is 0 Å². The molecule has 5 rings (SSSR count). The molecule has 0 spiro atoms. The van der Waals surface area contributed by atoms with Crippen LogP contribution in [0.15, 0.2) is 77.3 Å². The molecular formula is C24H17BrClN3O. The van der Waals surface area contributed by atoms with Crippen molar-refractivity contribution in [2.45, 2.75) is 13.0 Å². The van der Waals surface area contributed by atoms with E-state index in [2.05, 4.69) is 45.2 Å². The topological polar surface area (TPSA) is 49.0 Å². The number of nitrogens with one attached hydrogen (secondary N) is 1. The van der Waals surface area contributed by atoms with Crippen LogP contribution in [0.25, 0.3) is 11.3 Å². The number of carbonyl (C=O) groups is 1. The molecule has 1 amide bonds. The second-order valence-corrected chi connectivity index (χ2v) is 8.68.